The molecule has 1 saturated heterocycles. The second kappa shape index (κ2) is 7.58. The van der Waals surface area contributed by atoms with E-state index in [9.17, 15) is 5.11 Å². The average molecular weight is 274 g/mol. The Kier molecular flexibility index (Phi) is 5.77. The number of aliphatic hydroxyl groups is 1. The van der Waals surface area contributed by atoms with Crippen LogP contribution in [0.3, 0.4) is 0 Å². The lowest BCUT2D eigenvalue weighted by Gasteiger charge is -2.41. The van der Waals surface area contributed by atoms with E-state index in [1.165, 1.54) is 5.56 Å². The van der Waals surface area contributed by atoms with Crippen molar-refractivity contribution >= 4 is 0 Å². The molecular formula is C17H26N2O. The Balaban J connectivity index is 2.03. The van der Waals surface area contributed by atoms with Crippen LogP contribution in [-0.4, -0.2) is 54.2 Å². The zero-order chi connectivity index (χ0) is 14.4. The van der Waals surface area contributed by atoms with Gasteiger partial charge in [0.2, 0.25) is 0 Å². The van der Waals surface area contributed by atoms with Crippen LogP contribution in [0.5, 0.6) is 0 Å². The first-order chi connectivity index (χ1) is 9.70. The van der Waals surface area contributed by atoms with Gasteiger partial charge in [0.1, 0.15) is 0 Å². The standard InChI is InChI=1S/C17H26N2O/c1-3-4-10-16(20)13-19-12-11-18(2)14-17(19)15-8-6-5-7-9-15/h3,5-9,16-17,20H,1,4,10-14H2,2H3. The third-order valence-corrected chi connectivity index (χ3v) is 4.03. The van der Waals surface area contributed by atoms with E-state index < -0.39 is 0 Å². The van der Waals surface area contributed by atoms with Crippen LogP contribution in [0.25, 0.3) is 0 Å². The van der Waals surface area contributed by atoms with E-state index in [-0.39, 0.29) is 6.10 Å². The van der Waals surface area contributed by atoms with E-state index in [1.54, 1.807) is 0 Å². The summed E-state index contributed by atoms with van der Waals surface area (Å²) in [4.78, 5) is 4.79. The van der Waals surface area contributed by atoms with Crippen LogP contribution in [0.15, 0.2) is 43.0 Å². The predicted molar refractivity (Wildman–Crippen MR) is 83.7 cm³/mol. The molecule has 110 valence electrons. The van der Waals surface area contributed by atoms with Crippen molar-refractivity contribution in [1.82, 2.24) is 9.80 Å². The van der Waals surface area contributed by atoms with Crippen LogP contribution in [0, 0.1) is 0 Å². The summed E-state index contributed by atoms with van der Waals surface area (Å²) in [7, 11) is 2.17. The summed E-state index contributed by atoms with van der Waals surface area (Å²) in [5.74, 6) is 0. The van der Waals surface area contributed by atoms with Gasteiger partial charge in [0.25, 0.3) is 0 Å². The van der Waals surface area contributed by atoms with Crippen LogP contribution >= 0.6 is 0 Å². The molecule has 0 amide bonds. The monoisotopic (exact) mass is 274 g/mol. The average Bonchev–Trinajstić information content (AvgIpc) is 2.48. The maximum atomic E-state index is 10.2. The molecule has 3 nitrogen and oxygen atoms in total. The van der Waals surface area contributed by atoms with Gasteiger partial charge in [-0.2, -0.15) is 0 Å². The summed E-state index contributed by atoms with van der Waals surface area (Å²) in [6, 6.07) is 11.0. The third kappa shape index (κ3) is 4.17. The van der Waals surface area contributed by atoms with Gasteiger partial charge in [-0.05, 0) is 25.5 Å². The summed E-state index contributed by atoms with van der Waals surface area (Å²) < 4.78 is 0. The lowest BCUT2D eigenvalue weighted by Crippen LogP contribution is -2.49. The van der Waals surface area contributed by atoms with Crippen LogP contribution in [0.2, 0.25) is 0 Å². The number of allylic oxidation sites excluding steroid dienone is 1. The third-order valence-electron chi connectivity index (χ3n) is 4.03. The van der Waals surface area contributed by atoms with Crippen LogP contribution in [-0.2, 0) is 0 Å². The molecule has 1 N–H and O–H groups in total. The Morgan fingerprint density at radius 1 is 1.35 bits per heavy atom. The Labute approximate surface area is 122 Å². The summed E-state index contributed by atoms with van der Waals surface area (Å²) >= 11 is 0. The van der Waals surface area contributed by atoms with Gasteiger partial charge in [0.15, 0.2) is 0 Å². The lowest BCUT2D eigenvalue weighted by atomic mass is 10.0. The summed E-state index contributed by atoms with van der Waals surface area (Å²) in [5.41, 5.74) is 1.34. The number of hydrogen-bond acceptors (Lipinski definition) is 3. The summed E-state index contributed by atoms with van der Waals surface area (Å²) in [6.45, 7) is 7.58. The van der Waals surface area contributed by atoms with Crippen LogP contribution < -0.4 is 0 Å². The zero-order valence-electron chi connectivity index (χ0n) is 12.4. The molecule has 3 heteroatoms. The molecule has 0 aromatic heterocycles. The van der Waals surface area contributed by atoms with Gasteiger partial charge in [-0.15, -0.1) is 6.58 Å². The number of rotatable bonds is 6. The Morgan fingerprint density at radius 2 is 2.10 bits per heavy atom. The van der Waals surface area contributed by atoms with E-state index in [2.05, 4.69) is 53.8 Å². The summed E-state index contributed by atoms with van der Waals surface area (Å²) in [5, 5.41) is 10.2. The Bertz CT molecular complexity index is 407. The molecular weight excluding hydrogens is 248 g/mol. The maximum Gasteiger partial charge on any atom is 0.0670 e. The molecule has 2 unspecified atom stereocenters. The highest BCUT2D eigenvalue weighted by Crippen LogP contribution is 2.25. The number of benzene rings is 1. The second-order valence-electron chi connectivity index (χ2n) is 5.70. The van der Waals surface area contributed by atoms with Gasteiger partial charge in [0.05, 0.1) is 6.10 Å². The molecule has 0 radical (unpaired) electrons. The fourth-order valence-corrected chi connectivity index (χ4v) is 2.84. The minimum Gasteiger partial charge on any atom is -0.392 e. The second-order valence-corrected chi connectivity index (χ2v) is 5.70. The number of aliphatic hydroxyl groups excluding tert-OH is 1. The SMILES string of the molecule is C=CCCC(O)CN1CCN(C)CC1c1ccccc1. The Hall–Kier alpha value is -1.16. The van der Waals surface area contributed by atoms with E-state index in [1.807, 2.05) is 6.08 Å². The molecule has 1 fully saturated rings. The molecule has 0 bridgehead atoms. The van der Waals surface area contributed by atoms with Gasteiger partial charge >= 0.3 is 0 Å². The molecule has 0 spiro atoms. The first-order valence-corrected chi connectivity index (χ1v) is 7.47. The minimum atomic E-state index is -0.261. The normalized spacial score (nSPS) is 22.6. The van der Waals surface area contributed by atoms with Crippen molar-refractivity contribution < 1.29 is 5.11 Å². The van der Waals surface area contributed by atoms with Crippen molar-refractivity contribution in [2.45, 2.75) is 25.0 Å². The smallest absolute Gasteiger partial charge is 0.0670 e. The van der Waals surface area contributed by atoms with Crippen molar-refractivity contribution in [3.05, 3.63) is 48.6 Å². The first-order valence-electron chi connectivity index (χ1n) is 7.47. The number of piperazine rings is 1. The van der Waals surface area contributed by atoms with Crippen molar-refractivity contribution in [2.75, 3.05) is 33.2 Å². The Morgan fingerprint density at radius 3 is 2.80 bits per heavy atom. The molecule has 1 heterocycles. The highest BCUT2D eigenvalue weighted by Gasteiger charge is 2.27. The van der Waals surface area contributed by atoms with E-state index in [4.69, 9.17) is 0 Å². The summed E-state index contributed by atoms with van der Waals surface area (Å²) in [6.07, 6.45) is 3.30. The molecule has 20 heavy (non-hydrogen) atoms. The zero-order valence-corrected chi connectivity index (χ0v) is 12.4. The number of β-amino-alcohol motifs (C(OH)–C–C–N with tert-alkyl or cyclic N) is 1. The van der Waals surface area contributed by atoms with E-state index in [0.29, 0.717) is 6.04 Å². The number of hydrogen-bond donors (Lipinski definition) is 1. The largest absolute Gasteiger partial charge is 0.392 e. The molecule has 0 saturated carbocycles. The molecule has 0 aliphatic carbocycles. The molecule has 1 aromatic rings. The van der Waals surface area contributed by atoms with E-state index in [0.717, 1.165) is 39.0 Å². The topological polar surface area (TPSA) is 26.7 Å². The highest BCUT2D eigenvalue weighted by molar-refractivity contribution is 5.20. The quantitative estimate of drug-likeness (QED) is 0.806. The van der Waals surface area contributed by atoms with Gasteiger partial charge in [-0.3, -0.25) is 4.90 Å². The predicted octanol–water partition coefficient (Wildman–Crippen LogP) is 2.30. The lowest BCUT2D eigenvalue weighted by molar-refractivity contribution is 0.0379. The van der Waals surface area contributed by atoms with Gasteiger partial charge in [-0.1, -0.05) is 36.4 Å². The number of nitrogens with zero attached hydrogens (tertiary/aromatic N) is 2. The van der Waals surface area contributed by atoms with Crippen molar-refractivity contribution in [1.29, 1.82) is 0 Å². The molecule has 1 aromatic carbocycles. The fourth-order valence-electron chi connectivity index (χ4n) is 2.84. The van der Waals surface area contributed by atoms with Gasteiger partial charge in [0, 0.05) is 32.2 Å². The minimum absolute atomic E-state index is 0.261. The highest BCUT2D eigenvalue weighted by atomic mass is 16.3. The van der Waals surface area contributed by atoms with Gasteiger partial charge in [-0.25, -0.2) is 0 Å². The van der Waals surface area contributed by atoms with Crippen molar-refractivity contribution in [3.63, 3.8) is 0 Å². The molecule has 2 rings (SSSR count). The van der Waals surface area contributed by atoms with Crippen LogP contribution in [0.1, 0.15) is 24.4 Å². The number of likely N-dealkylation sites (N-methyl/N-ethyl adjacent to an activating group) is 1. The molecule has 1 aliphatic heterocycles. The first kappa shape index (κ1) is 15.2. The maximum absolute atomic E-state index is 10.2. The van der Waals surface area contributed by atoms with E-state index >= 15 is 0 Å². The van der Waals surface area contributed by atoms with Crippen molar-refractivity contribution in [2.24, 2.45) is 0 Å². The van der Waals surface area contributed by atoms with Crippen molar-refractivity contribution in [3.8, 4) is 0 Å². The van der Waals surface area contributed by atoms with Crippen LogP contribution in [0.4, 0.5) is 0 Å². The van der Waals surface area contributed by atoms with Gasteiger partial charge < -0.3 is 10.0 Å². The molecule has 2 atom stereocenters. The fraction of sp³-hybridized carbons (Fsp3) is 0.529. The molecule has 1 aliphatic rings.